The molecule has 1 aromatic rings. The Kier molecular flexibility index (Phi) is 6.80. The minimum atomic E-state index is -3.41. The van der Waals surface area contributed by atoms with Gasteiger partial charge in [0.1, 0.15) is 0 Å². The van der Waals surface area contributed by atoms with E-state index in [1.165, 1.54) is 19.2 Å². The average molecular weight is 314 g/mol. The fourth-order valence-corrected chi connectivity index (χ4v) is 2.58. The van der Waals surface area contributed by atoms with Crippen LogP contribution in [0, 0.1) is 0 Å². The third-order valence-corrected chi connectivity index (χ3v) is 4.40. The molecule has 0 spiro atoms. The maximum absolute atomic E-state index is 11.7. The van der Waals surface area contributed by atoms with E-state index in [2.05, 4.69) is 10.0 Å². The second-order valence-electron chi connectivity index (χ2n) is 4.78. The fourth-order valence-electron chi connectivity index (χ4n) is 1.85. The summed E-state index contributed by atoms with van der Waals surface area (Å²) in [5.41, 5.74) is 0.916. The topological polar surface area (TPSA) is 84.5 Å². The zero-order chi connectivity index (χ0) is 15.9. The number of benzene rings is 1. The van der Waals surface area contributed by atoms with Crippen molar-refractivity contribution in [3.05, 3.63) is 29.8 Å². The van der Waals surface area contributed by atoms with Crippen molar-refractivity contribution < 1.29 is 17.9 Å². The van der Waals surface area contributed by atoms with Gasteiger partial charge < -0.3 is 10.1 Å². The molecule has 0 heterocycles. The molecule has 1 rings (SSSR count). The molecule has 0 radical (unpaired) electrons. The summed E-state index contributed by atoms with van der Waals surface area (Å²) in [5.74, 6) is -0.0496. The van der Waals surface area contributed by atoms with Crippen LogP contribution in [-0.2, 0) is 26.0 Å². The van der Waals surface area contributed by atoms with Crippen molar-refractivity contribution in [3.8, 4) is 0 Å². The Morgan fingerprint density at radius 1 is 1.29 bits per heavy atom. The summed E-state index contributed by atoms with van der Waals surface area (Å²) in [6.07, 6.45) is 0.914. The van der Waals surface area contributed by atoms with Crippen molar-refractivity contribution in [3.63, 3.8) is 0 Å². The number of rotatable bonds is 8. The minimum Gasteiger partial charge on any atom is -0.383 e. The van der Waals surface area contributed by atoms with E-state index < -0.39 is 10.0 Å². The molecule has 0 fully saturated rings. The number of sulfonamides is 1. The normalized spacial score (nSPS) is 12.9. The number of amides is 1. The van der Waals surface area contributed by atoms with Crippen LogP contribution in [0.1, 0.15) is 18.9 Å². The molecule has 0 saturated heterocycles. The summed E-state index contributed by atoms with van der Waals surface area (Å²) in [6.45, 7) is 2.35. The third-order valence-electron chi connectivity index (χ3n) is 2.97. The predicted molar refractivity (Wildman–Crippen MR) is 80.5 cm³/mol. The number of hydrogen-bond donors (Lipinski definition) is 2. The van der Waals surface area contributed by atoms with Crippen LogP contribution in [0.25, 0.3) is 0 Å². The first-order chi connectivity index (χ1) is 9.89. The maximum atomic E-state index is 11.7. The van der Waals surface area contributed by atoms with Crippen LogP contribution >= 0.6 is 0 Å². The summed E-state index contributed by atoms with van der Waals surface area (Å²) in [5, 5.41) is 2.83. The molecule has 1 atom stereocenters. The SMILES string of the molecule is CNS(=O)(=O)c1ccc(CCC(=O)NC(C)COC)cc1. The van der Waals surface area contributed by atoms with Crippen LogP contribution in [0.15, 0.2) is 29.2 Å². The van der Waals surface area contributed by atoms with Crippen molar-refractivity contribution in [2.45, 2.75) is 30.7 Å². The number of nitrogens with one attached hydrogen (secondary N) is 2. The van der Waals surface area contributed by atoms with E-state index in [4.69, 9.17) is 4.74 Å². The second-order valence-corrected chi connectivity index (χ2v) is 6.66. The first kappa shape index (κ1) is 17.6. The molecule has 118 valence electrons. The van der Waals surface area contributed by atoms with Crippen molar-refractivity contribution in [1.82, 2.24) is 10.0 Å². The largest absolute Gasteiger partial charge is 0.383 e. The van der Waals surface area contributed by atoms with E-state index in [0.717, 1.165) is 5.56 Å². The van der Waals surface area contributed by atoms with E-state index >= 15 is 0 Å². The highest BCUT2D eigenvalue weighted by atomic mass is 32.2. The second kappa shape index (κ2) is 8.11. The summed E-state index contributed by atoms with van der Waals surface area (Å²) >= 11 is 0. The highest BCUT2D eigenvalue weighted by molar-refractivity contribution is 7.89. The molecule has 0 saturated carbocycles. The van der Waals surface area contributed by atoms with Gasteiger partial charge in [0.05, 0.1) is 11.5 Å². The number of hydrogen-bond acceptors (Lipinski definition) is 4. The number of ether oxygens (including phenoxy) is 1. The van der Waals surface area contributed by atoms with Crippen LogP contribution in [0.4, 0.5) is 0 Å². The lowest BCUT2D eigenvalue weighted by Gasteiger charge is -2.12. The summed E-state index contributed by atoms with van der Waals surface area (Å²) in [6, 6.07) is 6.48. The van der Waals surface area contributed by atoms with E-state index in [-0.39, 0.29) is 16.8 Å². The molecule has 0 aliphatic rings. The monoisotopic (exact) mass is 314 g/mol. The molecule has 1 amide bonds. The predicted octanol–water partition coefficient (Wildman–Crippen LogP) is 0.678. The standard InChI is InChI=1S/C14H22N2O4S/c1-11(10-20-3)16-14(17)9-6-12-4-7-13(8-5-12)21(18,19)15-2/h4-5,7-8,11,15H,6,9-10H2,1-3H3,(H,16,17). The number of carbonyl (C=O) groups excluding carboxylic acids is 1. The lowest BCUT2D eigenvalue weighted by molar-refractivity contribution is -0.122. The molecule has 6 nitrogen and oxygen atoms in total. The minimum absolute atomic E-state index is 0.0225. The van der Waals surface area contributed by atoms with Crippen LogP contribution in [-0.4, -0.2) is 41.1 Å². The van der Waals surface area contributed by atoms with E-state index in [0.29, 0.717) is 19.4 Å². The van der Waals surface area contributed by atoms with Gasteiger partial charge in [-0.25, -0.2) is 13.1 Å². The number of aryl methyl sites for hydroxylation is 1. The lowest BCUT2D eigenvalue weighted by Crippen LogP contribution is -2.35. The molecule has 21 heavy (non-hydrogen) atoms. The molecular weight excluding hydrogens is 292 g/mol. The first-order valence-corrected chi connectivity index (χ1v) is 8.18. The third kappa shape index (κ3) is 5.82. The van der Waals surface area contributed by atoms with Gasteiger partial charge in [-0.05, 0) is 38.1 Å². The molecule has 0 aliphatic heterocycles. The van der Waals surface area contributed by atoms with Gasteiger partial charge in [0.25, 0.3) is 0 Å². The van der Waals surface area contributed by atoms with E-state index in [1.807, 2.05) is 6.92 Å². The molecule has 0 aromatic heterocycles. The quantitative estimate of drug-likeness (QED) is 0.739. The number of methoxy groups -OCH3 is 1. The summed E-state index contributed by atoms with van der Waals surface area (Å²) < 4.78 is 30.4. The molecular formula is C14H22N2O4S. The lowest BCUT2D eigenvalue weighted by atomic mass is 10.1. The van der Waals surface area contributed by atoms with Gasteiger partial charge in [0.15, 0.2) is 0 Å². The highest BCUT2D eigenvalue weighted by Crippen LogP contribution is 2.11. The Bertz CT molecular complexity index is 555. The molecule has 1 aromatic carbocycles. The number of carbonyl (C=O) groups is 1. The molecule has 1 unspecified atom stereocenters. The van der Waals surface area contributed by atoms with Crippen LogP contribution in [0.5, 0.6) is 0 Å². The molecule has 0 bridgehead atoms. The van der Waals surface area contributed by atoms with Crippen LogP contribution < -0.4 is 10.0 Å². The van der Waals surface area contributed by atoms with Gasteiger partial charge in [-0.2, -0.15) is 0 Å². The fraction of sp³-hybridized carbons (Fsp3) is 0.500. The molecule has 7 heteroatoms. The summed E-state index contributed by atoms with van der Waals surface area (Å²) in [7, 11) is -0.455. The Morgan fingerprint density at radius 2 is 1.90 bits per heavy atom. The van der Waals surface area contributed by atoms with E-state index in [9.17, 15) is 13.2 Å². The molecule has 0 aliphatic carbocycles. The van der Waals surface area contributed by atoms with Gasteiger partial charge in [0.2, 0.25) is 15.9 Å². The van der Waals surface area contributed by atoms with Crippen molar-refractivity contribution >= 4 is 15.9 Å². The zero-order valence-electron chi connectivity index (χ0n) is 12.5. The van der Waals surface area contributed by atoms with Crippen molar-refractivity contribution in [2.24, 2.45) is 0 Å². The Balaban J connectivity index is 2.52. The summed E-state index contributed by atoms with van der Waals surface area (Å²) in [4.78, 5) is 11.9. The van der Waals surface area contributed by atoms with E-state index in [1.54, 1.807) is 19.2 Å². The first-order valence-electron chi connectivity index (χ1n) is 6.70. The Morgan fingerprint density at radius 3 is 2.43 bits per heavy atom. The maximum Gasteiger partial charge on any atom is 0.240 e. The van der Waals surface area contributed by atoms with Crippen LogP contribution in [0.3, 0.4) is 0 Å². The van der Waals surface area contributed by atoms with Gasteiger partial charge in [-0.3, -0.25) is 4.79 Å². The molecule has 2 N–H and O–H groups in total. The van der Waals surface area contributed by atoms with Crippen molar-refractivity contribution in [1.29, 1.82) is 0 Å². The smallest absolute Gasteiger partial charge is 0.240 e. The Labute approximate surface area is 125 Å². The van der Waals surface area contributed by atoms with Gasteiger partial charge in [-0.1, -0.05) is 12.1 Å². The highest BCUT2D eigenvalue weighted by Gasteiger charge is 2.11. The van der Waals surface area contributed by atoms with Crippen molar-refractivity contribution in [2.75, 3.05) is 20.8 Å². The zero-order valence-corrected chi connectivity index (χ0v) is 13.4. The van der Waals surface area contributed by atoms with Gasteiger partial charge in [-0.15, -0.1) is 0 Å². The average Bonchev–Trinajstić information content (AvgIpc) is 2.45. The van der Waals surface area contributed by atoms with Crippen LogP contribution in [0.2, 0.25) is 0 Å². The Hall–Kier alpha value is -1.44. The van der Waals surface area contributed by atoms with Gasteiger partial charge >= 0.3 is 0 Å². The van der Waals surface area contributed by atoms with Gasteiger partial charge in [0, 0.05) is 19.6 Å².